The molecular weight excluding hydrogens is 285 g/mol. The molecule has 0 aliphatic carbocycles. The van der Waals surface area contributed by atoms with E-state index >= 15 is 0 Å². The summed E-state index contributed by atoms with van der Waals surface area (Å²) in [6, 6.07) is 6.98. The van der Waals surface area contributed by atoms with Crippen molar-refractivity contribution in [3.8, 4) is 5.75 Å². The van der Waals surface area contributed by atoms with Crippen molar-refractivity contribution in [2.24, 2.45) is 5.92 Å². The lowest BCUT2D eigenvalue weighted by Gasteiger charge is -2.22. The van der Waals surface area contributed by atoms with Crippen LogP contribution < -0.4 is 10.1 Å². The Morgan fingerprint density at radius 2 is 2.05 bits per heavy atom. The fourth-order valence-electron chi connectivity index (χ4n) is 1.42. The van der Waals surface area contributed by atoms with Crippen molar-refractivity contribution in [1.29, 1.82) is 0 Å². The lowest BCUT2D eigenvalue weighted by molar-refractivity contribution is -0.128. The summed E-state index contributed by atoms with van der Waals surface area (Å²) in [6.45, 7) is 5.62. The van der Waals surface area contributed by atoms with E-state index < -0.39 is 6.10 Å². The number of carbonyl (C=O) groups excluding carboxylic acids is 1. The number of ether oxygens (including phenoxy) is 1. The lowest BCUT2D eigenvalue weighted by atomic mass is 10.1. The van der Waals surface area contributed by atoms with Gasteiger partial charge in [0.05, 0.1) is 0 Å². The Morgan fingerprint density at radius 1 is 1.37 bits per heavy atom. The molecule has 1 aromatic carbocycles. The van der Waals surface area contributed by atoms with Crippen molar-refractivity contribution in [2.75, 3.05) is 5.88 Å². The number of halogens is 2. The van der Waals surface area contributed by atoms with E-state index in [1.54, 1.807) is 31.2 Å². The van der Waals surface area contributed by atoms with Crippen molar-refractivity contribution in [3.63, 3.8) is 0 Å². The van der Waals surface area contributed by atoms with Gasteiger partial charge in [-0.3, -0.25) is 4.79 Å². The molecule has 106 valence electrons. The molecule has 0 heterocycles. The second-order valence-corrected chi connectivity index (χ2v) is 5.39. The minimum Gasteiger partial charge on any atom is -0.481 e. The standard InChI is InChI=1S/C14H19Cl2NO2/c1-9(8-15)10(2)17-14(18)11(3)19-13-6-4-5-12(16)7-13/h4-7,9-11H,8H2,1-3H3,(H,17,18). The molecule has 0 fully saturated rings. The molecule has 19 heavy (non-hydrogen) atoms. The molecule has 0 aliphatic rings. The maximum Gasteiger partial charge on any atom is 0.260 e. The van der Waals surface area contributed by atoms with E-state index in [1.165, 1.54) is 0 Å². The second-order valence-electron chi connectivity index (χ2n) is 4.65. The van der Waals surface area contributed by atoms with Gasteiger partial charge in [-0.2, -0.15) is 0 Å². The highest BCUT2D eigenvalue weighted by Crippen LogP contribution is 2.18. The summed E-state index contributed by atoms with van der Waals surface area (Å²) >= 11 is 11.6. The molecule has 1 amide bonds. The SMILES string of the molecule is CC(Oc1cccc(Cl)c1)C(=O)NC(C)C(C)CCl. The van der Waals surface area contributed by atoms with Crippen molar-refractivity contribution in [3.05, 3.63) is 29.3 Å². The molecule has 3 atom stereocenters. The summed E-state index contributed by atoms with van der Waals surface area (Å²) in [4.78, 5) is 12.0. The van der Waals surface area contributed by atoms with E-state index in [4.69, 9.17) is 27.9 Å². The summed E-state index contributed by atoms with van der Waals surface area (Å²) in [5.41, 5.74) is 0. The molecule has 0 bridgehead atoms. The average Bonchev–Trinajstić information content (AvgIpc) is 2.37. The highest BCUT2D eigenvalue weighted by atomic mass is 35.5. The molecule has 1 rings (SSSR count). The summed E-state index contributed by atoms with van der Waals surface area (Å²) in [6.07, 6.45) is -0.580. The summed E-state index contributed by atoms with van der Waals surface area (Å²) in [5, 5.41) is 3.46. The van der Waals surface area contributed by atoms with Crippen molar-refractivity contribution in [2.45, 2.75) is 32.9 Å². The lowest BCUT2D eigenvalue weighted by Crippen LogP contribution is -2.44. The molecule has 1 N–H and O–H groups in total. The number of amides is 1. The van der Waals surface area contributed by atoms with Gasteiger partial charge in [0.25, 0.3) is 5.91 Å². The van der Waals surface area contributed by atoms with Gasteiger partial charge in [-0.1, -0.05) is 24.6 Å². The Morgan fingerprint density at radius 3 is 2.63 bits per heavy atom. The van der Waals surface area contributed by atoms with Crippen LogP contribution in [-0.2, 0) is 4.79 Å². The van der Waals surface area contributed by atoms with Gasteiger partial charge >= 0.3 is 0 Å². The maximum absolute atomic E-state index is 12.0. The minimum atomic E-state index is -0.580. The van der Waals surface area contributed by atoms with Gasteiger partial charge < -0.3 is 10.1 Å². The molecule has 0 spiro atoms. The number of carbonyl (C=O) groups is 1. The number of hydrogen-bond donors (Lipinski definition) is 1. The van der Waals surface area contributed by atoms with Crippen LogP contribution in [0.5, 0.6) is 5.75 Å². The Labute approximate surface area is 124 Å². The highest BCUT2D eigenvalue weighted by molar-refractivity contribution is 6.30. The third-order valence-corrected chi connectivity index (χ3v) is 3.67. The van der Waals surface area contributed by atoms with Crippen LogP contribution in [0.1, 0.15) is 20.8 Å². The van der Waals surface area contributed by atoms with E-state index in [-0.39, 0.29) is 17.9 Å². The van der Waals surface area contributed by atoms with E-state index in [1.807, 2.05) is 13.8 Å². The molecule has 0 aromatic heterocycles. The Hall–Kier alpha value is -0.930. The first kappa shape index (κ1) is 16.1. The highest BCUT2D eigenvalue weighted by Gasteiger charge is 2.19. The van der Waals surface area contributed by atoms with Crippen LogP contribution >= 0.6 is 23.2 Å². The number of benzene rings is 1. The van der Waals surface area contributed by atoms with Crippen LogP contribution in [-0.4, -0.2) is 23.9 Å². The van der Waals surface area contributed by atoms with Crippen molar-refractivity contribution >= 4 is 29.1 Å². The Kier molecular flexibility index (Phi) is 6.46. The van der Waals surface area contributed by atoms with Gasteiger partial charge in [0.15, 0.2) is 6.10 Å². The zero-order valence-electron chi connectivity index (χ0n) is 11.3. The minimum absolute atomic E-state index is 0.00964. The normalized spacial score (nSPS) is 15.4. The van der Waals surface area contributed by atoms with Gasteiger partial charge in [0.2, 0.25) is 0 Å². The monoisotopic (exact) mass is 303 g/mol. The number of nitrogens with one attached hydrogen (secondary N) is 1. The maximum atomic E-state index is 12.0. The van der Waals surface area contributed by atoms with Crippen LogP contribution in [0.15, 0.2) is 24.3 Å². The first-order chi connectivity index (χ1) is 8.93. The van der Waals surface area contributed by atoms with Crippen LogP contribution in [0.2, 0.25) is 5.02 Å². The third kappa shape index (κ3) is 5.29. The smallest absolute Gasteiger partial charge is 0.260 e. The quantitative estimate of drug-likeness (QED) is 0.817. The molecule has 1 aromatic rings. The van der Waals surface area contributed by atoms with Gasteiger partial charge in [-0.25, -0.2) is 0 Å². The first-order valence-corrected chi connectivity index (χ1v) is 7.14. The van der Waals surface area contributed by atoms with Crippen molar-refractivity contribution in [1.82, 2.24) is 5.32 Å². The fourth-order valence-corrected chi connectivity index (χ4v) is 1.86. The Bertz CT molecular complexity index is 426. The van der Waals surface area contributed by atoms with Gasteiger partial charge in [0.1, 0.15) is 5.75 Å². The number of hydrogen-bond acceptors (Lipinski definition) is 2. The molecule has 3 nitrogen and oxygen atoms in total. The zero-order valence-corrected chi connectivity index (χ0v) is 12.8. The van der Waals surface area contributed by atoms with Crippen LogP contribution in [0.25, 0.3) is 0 Å². The first-order valence-electron chi connectivity index (χ1n) is 6.22. The zero-order chi connectivity index (χ0) is 14.4. The van der Waals surface area contributed by atoms with Crippen LogP contribution in [0.3, 0.4) is 0 Å². The molecule has 3 unspecified atom stereocenters. The predicted molar refractivity (Wildman–Crippen MR) is 79.0 cm³/mol. The number of rotatable bonds is 6. The molecular formula is C14H19Cl2NO2. The van der Waals surface area contributed by atoms with Crippen molar-refractivity contribution < 1.29 is 9.53 Å². The Balaban J connectivity index is 2.53. The van der Waals surface area contributed by atoms with Gasteiger partial charge in [-0.15, -0.1) is 11.6 Å². The third-order valence-electron chi connectivity index (χ3n) is 2.95. The topological polar surface area (TPSA) is 38.3 Å². The molecule has 0 radical (unpaired) electrons. The number of alkyl halides is 1. The summed E-state index contributed by atoms with van der Waals surface area (Å²) in [7, 11) is 0. The molecule has 0 saturated carbocycles. The van der Waals surface area contributed by atoms with E-state index in [0.29, 0.717) is 16.7 Å². The van der Waals surface area contributed by atoms with Gasteiger partial charge in [0, 0.05) is 16.9 Å². The summed E-state index contributed by atoms with van der Waals surface area (Å²) in [5.74, 6) is 1.13. The van der Waals surface area contributed by atoms with E-state index in [2.05, 4.69) is 5.32 Å². The second kappa shape index (κ2) is 7.61. The van der Waals surface area contributed by atoms with Crippen LogP contribution in [0.4, 0.5) is 0 Å². The average molecular weight is 304 g/mol. The fraction of sp³-hybridized carbons (Fsp3) is 0.500. The van der Waals surface area contributed by atoms with Crippen LogP contribution in [0, 0.1) is 5.92 Å². The van der Waals surface area contributed by atoms with Gasteiger partial charge in [-0.05, 0) is 38.0 Å². The largest absolute Gasteiger partial charge is 0.481 e. The van der Waals surface area contributed by atoms with E-state index in [0.717, 1.165) is 0 Å². The molecule has 0 aliphatic heterocycles. The van der Waals surface area contributed by atoms with E-state index in [9.17, 15) is 4.79 Å². The molecule has 5 heteroatoms. The summed E-state index contributed by atoms with van der Waals surface area (Å²) < 4.78 is 5.54. The molecule has 0 saturated heterocycles. The predicted octanol–water partition coefficient (Wildman–Crippen LogP) is 3.49.